The van der Waals surface area contributed by atoms with Crippen LogP contribution in [0, 0.1) is 18.2 Å². The Bertz CT molecular complexity index is 444. The molecule has 1 aliphatic carbocycles. The van der Waals surface area contributed by atoms with Crippen LogP contribution in [0.15, 0.2) is 18.2 Å². The predicted octanol–water partition coefficient (Wildman–Crippen LogP) is 3.68. The fraction of sp³-hybridized carbons (Fsp3) is 0.625. The Balaban J connectivity index is 1.96. The van der Waals surface area contributed by atoms with E-state index >= 15 is 0 Å². The summed E-state index contributed by atoms with van der Waals surface area (Å²) < 4.78 is 19.2. The zero-order valence-electron chi connectivity index (χ0n) is 12.3. The molecule has 2 unspecified atom stereocenters. The second-order valence-electron chi connectivity index (χ2n) is 6.08. The summed E-state index contributed by atoms with van der Waals surface area (Å²) in [7, 11) is 0. The smallest absolute Gasteiger partial charge is 0.126 e. The third kappa shape index (κ3) is 2.92. The lowest BCUT2D eigenvalue weighted by Crippen LogP contribution is -2.62. The molecule has 1 saturated carbocycles. The lowest BCUT2D eigenvalue weighted by atomic mass is 9.64. The van der Waals surface area contributed by atoms with E-state index in [1.165, 1.54) is 6.07 Å². The molecule has 0 saturated heterocycles. The minimum Gasteiger partial charge on any atom is -0.490 e. The first-order valence-corrected chi connectivity index (χ1v) is 7.11. The van der Waals surface area contributed by atoms with Crippen LogP contribution >= 0.6 is 0 Å². The van der Waals surface area contributed by atoms with Crippen molar-refractivity contribution < 1.29 is 9.13 Å². The summed E-state index contributed by atoms with van der Waals surface area (Å²) in [6.07, 6.45) is 2.37. The molecule has 1 aromatic carbocycles. The van der Waals surface area contributed by atoms with Gasteiger partial charge in [0.1, 0.15) is 17.7 Å². The second kappa shape index (κ2) is 5.49. The first kappa shape index (κ1) is 14.3. The quantitative estimate of drug-likeness (QED) is 0.877. The van der Waals surface area contributed by atoms with Crippen LogP contribution in [0.2, 0.25) is 0 Å². The third-order valence-electron chi connectivity index (χ3n) is 4.23. The molecule has 1 fully saturated rings. The number of aryl methyl sites for hydroxylation is 1. The van der Waals surface area contributed by atoms with E-state index < -0.39 is 0 Å². The van der Waals surface area contributed by atoms with Gasteiger partial charge in [-0.25, -0.2) is 4.39 Å². The van der Waals surface area contributed by atoms with Crippen LogP contribution in [0.5, 0.6) is 5.75 Å². The summed E-state index contributed by atoms with van der Waals surface area (Å²) >= 11 is 0. The molecule has 2 atom stereocenters. The van der Waals surface area contributed by atoms with Crippen LogP contribution in [0.25, 0.3) is 0 Å². The van der Waals surface area contributed by atoms with Gasteiger partial charge in [0.15, 0.2) is 0 Å². The van der Waals surface area contributed by atoms with Crippen molar-refractivity contribution in [3.63, 3.8) is 0 Å². The molecule has 3 heteroatoms. The summed E-state index contributed by atoms with van der Waals surface area (Å²) in [5.74, 6) is 0.591. The van der Waals surface area contributed by atoms with E-state index in [4.69, 9.17) is 4.74 Å². The fourth-order valence-electron chi connectivity index (χ4n) is 2.61. The highest BCUT2D eigenvalue weighted by atomic mass is 19.1. The van der Waals surface area contributed by atoms with Crippen molar-refractivity contribution in [3.8, 4) is 5.75 Å². The Hall–Kier alpha value is -1.09. The van der Waals surface area contributed by atoms with E-state index in [9.17, 15) is 4.39 Å². The largest absolute Gasteiger partial charge is 0.490 e. The summed E-state index contributed by atoms with van der Waals surface area (Å²) in [5, 5.41) is 3.56. The number of halogens is 1. The zero-order valence-corrected chi connectivity index (χ0v) is 12.3. The van der Waals surface area contributed by atoms with E-state index in [0.29, 0.717) is 11.6 Å². The summed E-state index contributed by atoms with van der Waals surface area (Å²) in [6, 6.07) is 5.48. The topological polar surface area (TPSA) is 21.3 Å². The molecule has 1 aliphatic rings. The normalized spacial score (nSPS) is 24.9. The van der Waals surface area contributed by atoms with Crippen molar-refractivity contribution in [2.75, 3.05) is 6.54 Å². The Morgan fingerprint density at radius 3 is 2.74 bits per heavy atom. The fourth-order valence-corrected chi connectivity index (χ4v) is 2.61. The Labute approximate surface area is 115 Å². The standard InChI is InChI=1S/C16H24FNO/c1-5-8-18-14-10-15(16(14,3)4)19-12-6-7-13(17)11(2)9-12/h6-7,9,14-15,18H,5,8,10H2,1-4H3. The average molecular weight is 265 g/mol. The average Bonchev–Trinajstić information content (AvgIpc) is 2.37. The number of hydrogen-bond donors (Lipinski definition) is 1. The van der Waals surface area contributed by atoms with Gasteiger partial charge in [0.25, 0.3) is 0 Å². The lowest BCUT2D eigenvalue weighted by Gasteiger charge is -2.51. The maximum absolute atomic E-state index is 13.2. The molecule has 0 aliphatic heterocycles. The molecule has 19 heavy (non-hydrogen) atoms. The first-order chi connectivity index (χ1) is 8.95. The van der Waals surface area contributed by atoms with Crippen LogP contribution in [0.4, 0.5) is 4.39 Å². The molecule has 2 nitrogen and oxygen atoms in total. The molecular weight excluding hydrogens is 241 g/mol. The summed E-state index contributed by atoms with van der Waals surface area (Å²) in [5.41, 5.74) is 0.757. The lowest BCUT2D eigenvalue weighted by molar-refractivity contribution is -0.0546. The van der Waals surface area contributed by atoms with Gasteiger partial charge in [-0.05, 0) is 43.7 Å². The molecule has 0 bridgehead atoms. The van der Waals surface area contributed by atoms with Gasteiger partial charge in [-0.2, -0.15) is 0 Å². The zero-order chi connectivity index (χ0) is 14.0. The van der Waals surface area contributed by atoms with Crippen LogP contribution < -0.4 is 10.1 Å². The van der Waals surface area contributed by atoms with Gasteiger partial charge in [-0.1, -0.05) is 20.8 Å². The second-order valence-corrected chi connectivity index (χ2v) is 6.08. The van der Waals surface area contributed by atoms with Crippen molar-refractivity contribution in [2.24, 2.45) is 5.41 Å². The minimum atomic E-state index is -0.178. The third-order valence-corrected chi connectivity index (χ3v) is 4.23. The number of nitrogens with one attached hydrogen (secondary N) is 1. The van der Waals surface area contributed by atoms with E-state index in [2.05, 4.69) is 26.1 Å². The molecule has 106 valence electrons. The Morgan fingerprint density at radius 2 is 2.16 bits per heavy atom. The predicted molar refractivity (Wildman–Crippen MR) is 76.0 cm³/mol. The number of hydrogen-bond acceptors (Lipinski definition) is 2. The Kier molecular flexibility index (Phi) is 4.14. The highest BCUT2D eigenvalue weighted by Gasteiger charge is 2.49. The highest BCUT2D eigenvalue weighted by Crippen LogP contribution is 2.43. The van der Waals surface area contributed by atoms with E-state index in [1.54, 1.807) is 19.1 Å². The van der Waals surface area contributed by atoms with Crippen molar-refractivity contribution >= 4 is 0 Å². The minimum absolute atomic E-state index is 0.122. The van der Waals surface area contributed by atoms with Crippen LogP contribution in [0.3, 0.4) is 0 Å². The van der Waals surface area contributed by atoms with Crippen molar-refractivity contribution in [2.45, 2.75) is 52.7 Å². The molecule has 1 N–H and O–H groups in total. The number of ether oxygens (including phenoxy) is 1. The van der Waals surface area contributed by atoms with Gasteiger partial charge in [0.2, 0.25) is 0 Å². The summed E-state index contributed by atoms with van der Waals surface area (Å²) in [4.78, 5) is 0. The van der Waals surface area contributed by atoms with Gasteiger partial charge in [-0.3, -0.25) is 0 Å². The molecule has 0 aromatic heterocycles. The maximum Gasteiger partial charge on any atom is 0.126 e. The van der Waals surface area contributed by atoms with Crippen LogP contribution in [0.1, 0.15) is 39.2 Å². The maximum atomic E-state index is 13.2. The van der Waals surface area contributed by atoms with Gasteiger partial charge in [0.05, 0.1) is 0 Å². The van der Waals surface area contributed by atoms with Crippen LogP contribution in [-0.2, 0) is 0 Å². The molecule has 0 spiro atoms. The highest BCUT2D eigenvalue weighted by molar-refractivity contribution is 5.29. The molecule has 0 radical (unpaired) electrons. The molecule has 1 aromatic rings. The van der Waals surface area contributed by atoms with Gasteiger partial charge in [0, 0.05) is 17.9 Å². The van der Waals surface area contributed by atoms with E-state index in [1.807, 2.05) is 0 Å². The number of rotatable bonds is 5. The van der Waals surface area contributed by atoms with Crippen molar-refractivity contribution in [3.05, 3.63) is 29.6 Å². The van der Waals surface area contributed by atoms with Crippen LogP contribution in [-0.4, -0.2) is 18.7 Å². The summed E-state index contributed by atoms with van der Waals surface area (Å²) in [6.45, 7) is 9.44. The van der Waals surface area contributed by atoms with E-state index in [-0.39, 0.29) is 17.3 Å². The van der Waals surface area contributed by atoms with Crippen molar-refractivity contribution in [1.82, 2.24) is 5.32 Å². The van der Waals surface area contributed by atoms with Gasteiger partial charge in [-0.15, -0.1) is 0 Å². The molecule has 0 amide bonds. The van der Waals surface area contributed by atoms with Gasteiger partial charge < -0.3 is 10.1 Å². The SMILES string of the molecule is CCCNC1CC(Oc2ccc(F)c(C)c2)C1(C)C. The van der Waals surface area contributed by atoms with Crippen molar-refractivity contribution in [1.29, 1.82) is 0 Å². The first-order valence-electron chi connectivity index (χ1n) is 7.11. The molecular formula is C16H24FNO. The van der Waals surface area contributed by atoms with Gasteiger partial charge >= 0.3 is 0 Å². The Morgan fingerprint density at radius 1 is 1.42 bits per heavy atom. The monoisotopic (exact) mass is 265 g/mol. The van der Waals surface area contributed by atoms with E-state index in [0.717, 1.165) is 25.1 Å². The molecule has 0 heterocycles. The number of benzene rings is 1. The molecule has 2 rings (SSSR count).